The Morgan fingerprint density at radius 2 is 1.92 bits per heavy atom. The summed E-state index contributed by atoms with van der Waals surface area (Å²) in [6.45, 7) is 3.38. The lowest BCUT2D eigenvalue weighted by atomic mass is 10.1. The first-order chi connectivity index (χ1) is 12.0. The molecule has 2 aromatic rings. The second-order valence-electron chi connectivity index (χ2n) is 5.69. The van der Waals surface area contributed by atoms with Gasteiger partial charge in [-0.1, -0.05) is 30.3 Å². The number of nitrogens with one attached hydrogen (secondary N) is 1. The van der Waals surface area contributed by atoms with E-state index in [4.69, 9.17) is 15.2 Å². The third kappa shape index (κ3) is 5.12. The summed E-state index contributed by atoms with van der Waals surface area (Å²) in [5.74, 6) is 0.480. The van der Waals surface area contributed by atoms with Crippen molar-refractivity contribution >= 4 is 23.0 Å². The van der Waals surface area contributed by atoms with Crippen molar-refractivity contribution in [2.24, 2.45) is 0 Å². The highest BCUT2D eigenvalue weighted by molar-refractivity contribution is 5.94. The van der Waals surface area contributed by atoms with Crippen molar-refractivity contribution in [3.63, 3.8) is 0 Å². The number of hydrogen-bond acceptors (Lipinski definition) is 5. The van der Waals surface area contributed by atoms with E-state index in [1.807, 2.05) is 24.3 Å². The molecule has 6 nitrogen and oxygen atoms in total. The van der Waals surface area contributed by atoms with E-state index in [0.717, 1.165) is 5.69 Å². The lowest BCUT2D eigenvalue weighted by Crippen LogP contribution is -2.27. The van der Waals surface area contributed by atoms with Gasteiger partial charge in [-0.15, -0.1) is 0 Å². The highest BCUT2D eigenvalue weighted by atomic mass is 16.5. The molecule has 2 rings (SSSR count). The maximum atomic E-state index is 11.4. The fourth-order valence-electron chi connectivity index (χ4n) is 2.58. The van der Waals surface area contributed by atoms with Crippen molar-refractivity contribution in [2.75, 3.05) is 43.3 Å². The van der Waals surface area contributed by atoms with Crippen molar-refractivity contribution in [3.05, 3.63) is 48.0 Å². The molecule has 0 spiro atoms. The minimum absolute atomic E-state index is 0.172. The number of nitrogens with two attached hydrogens (primary N) is 1. The van der Waals surface area contributed by atoms with Gasteiger partial charge in [0.05, 0.1) is 30.8 Å². The van der Waals surface area contributed by atoms with Crippen LogP contribution in [0.25, 0.3) is 0 Å². The molecule has 3 N–H and O–H groups in total. The highest BCUT2D eigenvalue weighted by Crippen LogP contribution is 2.36. The Hall–Kier alpha value is -2.73. The monoisotopic (exact) mass is 343 g/mol. The van der Waals surface area contributed by atoms with Crippen LogP contribution in [0.5, 0.6) is 5.75 Å². The Kier molecular flexibility index (Phi) is 6.65. The predicted octanol–water partition coefficient (Wildman–Crippen LogP) is 2.89. The largest absolute Gasteiger partial charge is 0.495 e. The first-order valence-electron chi connectivity index (χ1n) is 8.08. The molecule has 0 saturated heterocycles. The fraction of sp³-hybridized carbons (Fsp3) is 0.316. The average molecular weight is 343 g/mol. The van der Waals surface area contributed by atoms with Gasteiger partial charge in [0.15, 0.2) is 0 Å². The molecular formula is C19H25N3O3. The van der Waals surface area contributed by atoms with Gasteiger partial charge in [-0.2, -0.15) is 0 Å². The number of hydrogen-bond donors (Lipinski definition) is 2. The molecule has 0 atom stereocenters. The van der Waals surface area contributed by atoms with Gasteiger partial charge < -0.3 is 25.4 Å². The van der Waals surface area contributed by atoms with E-state index >= 15 is 0 Å². The van der Waals surface area contributed by atoms with E-state index in [1.54, 1.807) is 20.3 Å². The summed E-state index contributed by atoms with van der Waals surface area (Å²) in [6.07, 6.45) is 0. The number of methoxy groups -OCH3 is 2. The van der Waals surface area contributed by atoms with Crippen LogP contribution in [-0.4, -0.2) is 33.3 Å². The van der Waals surface area contributed by atoms with Gasteiger partial charge in [0.2, 0.25) is 5.91 Å². The smallest absolute Gasteiger partial charge is 0.221 e. The van der Waals surface area contributed by atoms with Crippen LogP contribution in [-0.2, 0) is 16.1 Å². The molecule has 0 heterocycles. The second kappa shape index (κ2) is 8.94. The third-order valence-corrected chi connectivity index (χ3v) is 3.78. The molecule has 0 aliphatic carbocycles. The summed E-state index contributed by atoms with van der Waals surface area (Å²) in [7, 11) is 3.27. The number of ether oxygens (including phenoxy) is 2. The van der Waals surface area contributed by atoms with Crippen LogP contribution in [0.2, 0.25) is 0 Å². The minimum atomic E-state index is -0.172. The second-order valence-corrected chi connectivity index (χ2v) is 5.69. The maximum absolute atomic E-state index is 11.4. The van der Waals surface area contributed by atoms with Gasteiger partial charge in [-0.25, -0.2) is 0 Å². The summed E-state index contributed by atoms with van der Waals surface area (Å²) in [4.78, 5) is 13.6. The number of benzene rings is 2. The number of nitrogen functional groups attached to an aromatic ring is 1. The Morgan fingerprint density at radius 1 is 1.20 bits per heavy atom. The van der Waals surface area contributed by atoms with Crippen LogP contribution >= 0.6 is 0 Å². The van der Waals surface area contributed by atoms with E-state index in [1.165, 1.54) is 12.5 Å². The molecule has 0 aromatic heterocycles. The molecular weight excluding hydrogens is 318 g/mol. The van der Waals surface area contributed by atoms with Crippen molar-refractivity contribution in [3.8, 4) is 5.75 Å². The fourth-order valence-corrected chi connectivity index (χ4v) is 2.58. The standard InChI is InChI=1S/C19H25N3O3/c1-14(23)21-17-12-18(19(25-3)11-16(17)20)22(9-10-24-2)13-15-7-5-4-6-8-15/h4-8,11-12H,9-10,13,20H2,1-3H3,(H,21,23). The quantitative estimate of drug-likeness (QED) is 0.721. The molecule has 134 valence electrons. The molecule has 0 fully saturated rings. The van der Waals surface area contributed by atoms with Crippen molar-refractivity contribution < 1.29 is 14.3 Å². The number of anilines is 3. The average Bonchev–Trinajstić information content (AvgIpc) is 2.60. The summed E-state index contributed by atoms with van der Waals surface area (Å²) in [5.41, 5.74) is 9.07. The minimum Gasteiger partial charge on any atom is -0.495 e. The molecule has 0 unspecified atom stereocenters. The summed E-state index contributed by atoms with van der Waals surface area (Å²) >= 11 is 0. The van der Waals surface area contributed by atoms with Crippen molar-refractivity contribution in [1.82, 2.24) is 0 Å². The van der Waals surface area contributed by atoms with E-state index in [2.05, 4.69) is 22.3 Å². The molecule has 25 heavy (non-hydrogen) atoms. The van der Waals surface area contributed by atoms with E-state index < -0.39 is 0 Å². The molecule has 0 aliphatic heterocycles. The van der Waals surface area contributed by atoms with Gasteiger partial charge in [-0.05, 0) is 11.6 Å². The molecule has 2 aromatic carbocycles. The summed E-state index contributed by atoms with van der Waals surface area (Å²) < 4.78 is 10.8. The molecule has 0 radical (unpaired) electrons. The van der Waals surface area contributed by atoms with Crippen LogP contribution in [0.15, 0.2) is 42.5 Å². The van der Waals surface area contributed by atoms with Gasteiger partial charge >= 0.3 is 0 Å². The number of rotatable bonds is 8. The zero-order chi connectivity index (χ0) is 18.2. The van der Waals surface area contributed by atoms with E-state index in [-0.39, 0.29) is 5.91 Å². The SMILES string of the molecule is COCCN(Cc1ccccc1)c1cc(NC(C)=O)c(N)cc1OC. The third-order valence-electron chi connectivity index (χ3n) is 3.78. The Bertz CT molecular complexity index is 705. The van der Waals surface area contributed by atoms with Crippen LogP contribution in [0.3, 0.4) is 0 Å². The van der Waals surface area contributed by atoms with E-state index in [9.17, 15) is 4.79 Å². The summed E-state index contributed by atoms with van der Waals surface area (Å²) in [6, 6.07) is 13.7. The summed E-state index contributed by atoms with van der Waals surface area (Å²) in [5, 5.41) is 2.76. The van der Waals surface area contributed by atoms with Gasteiger partial charge in [0.25, 0.3) is 0 Å². The Labute approximate surface area is 148 Å². The van der Waals surface area contributed by atoms with Crippen LogP contribution in [0.1, 0.15) is 12.5 Å². The first kappa shape index (κ1) is 18.6. The van der Waals surface area contributed by atoms with Crippen molar-refractivity contribution in [1.29, 1.82) is 0 Å². The lowest BCUT2D eigenvalue weighted by Gasteiger charge is -2.27. The maximum Gasteiger partial charge on any atom is 0.221 e. The van der Waals surface area contributed by atoms with Crippen LogP contribution in [0.4, 0.5) is 17.1 Å². The van der Waals surface area contributed by atoms with Gasteiger partial charge in [0, 0.05) is 33.2 Å². The molecule has 6 heteroatoms. The molecule has 0 aliphatic rings. The van der Waals surface area contributed by atoms with Gasteiger partial charge in [0.1, 0.15) is 5.75 Å². The topological polar surface area (TPSA) is 76.8 Å². The van der Waals surface area contributed by atoms with Crippen LogP contribution in [0, 0.1) is 0 Å². The lowest BCUT2D eigenvalue weighted by molar-refractivity contribution is -0.114. The van der Waals surface area contributed by atoms with Crippen LogP contribution < -0.4 is 20.7 Å². The normalized spacial score (nSPS) is 10.4. The number of amides is 1. The van der Waals surface area contributed by atoms with Gasteiger partial charge in [-0.3, -0.25) is 4.79 Å². The first-order valence-corrected chi connectivity index (χ1v) is 8.08. The molecule has 0 saturated carbocycles. The number of nitrogens with zero attached hydrogens (tertiary/aromatic N) is 1. The van der Waals surface area contributed by atoms with Crippen molar-refractivity contribution in [2.45, 2.75) is 13.5 Å². The Morgan fingerprint density at radius 3 is 2.52 bits per heavy atom. The predicted molar refractivity (Wildman–Crippen MR) is 101 cm³/mol. The number of carbonyl (C=O) groups excluding carboxylic acids is 1. The Balaban J connectivity index is 2.41. The molecule has 0 bridgehead atoms. The number of carbonyl (C=O) groups is 1. The zero-order valence-corrected chi connectivity index (χ0v) is 14.9. The molecule has 1 amide bonds. The highest BCUT2D eigenvalue weighted by Gasteiger charge is 2.16. The zero-order valence-electron chi connectivity index (χ0n) is 14.9. The van der Waals surface area contributed by atoms with E-state index in [0.29, 0.717) is 36.8 Å².